The summed E-state index contributed by atoms with van der Waals surface area (Å²) in [5.41, 5.74) is 6.72. The minimum atomic E-state index is 0.343. The Morgan fingerprint density at radius 2 is 2.07 bits per heavy atom. The summed E-state index contributed by atoms with van der Waals surface area (Å²) in [7, 11) is 2.22. The number of hydrogen-bond donors (Lipinski definition) is 1. The molecule has 1 aliphatic carbocycles. The van der Waals surface area contributed by atoms with E-state index < -0.39 is 0 Å². The predicted molar refractivity (Wildman–Crippen MR) is 66.9 cm³/mol. The lowest BCUT2D eigenvalue weighted by atomic mass is 9.68. The highest BCUT2D eigenvalue weighted by atomic mass is 15.1. The predicted octanol–water partition coefficient (Wildman–Crippen LogP) is 2.48. The van der Waals surface area contributed by atoms with Crippen molar-refractivity contribution >= 4 is 0 Å². The monoisotopic (exact) mass is 212 g/mol. The van der Waals surface area contributed by atoms with Gasteiger partial charge in [0, 0.05) is 12.6 Å². The van der Waals surface area contributed by atoms with E-state index in [4.69, 9.17) is 5.73 Å². The fraction of sp³-hybridized carbons (Fsp3) is 1.00. The molecular weight excluding hydrogens is 184 g/mol. The molecule has 0 aliphatic heterocycles. The Kier molecular flexibility index (Phi) is 4.60. The van der Waals surface area contributed by atoms with Crippen LogP contribution in [-0.2, 0) is 0 Å². The summed E-state index contributed by atoms with van der Waals surface area (Å²) in [6.07, 6.45) is 5.20. The molecule has 0 aromatic heterocycles. The Morgan fingerprint density at radius 1 is 1.40 bits per heavy atom. The minimum absolute atomic E-state index is 0.343. The summed E-state index contributed by atoms with van der Waals surface area (Å²) < 4.78 is 0. The second-order valence-corrected chi connectivity index (χ2v) is 5.93. The van der Waals surface area contributed by atoms with E-state index in [0.717, 1.165) is 0 Å². The second-order valence-electron chi connectivity index (χ2n) is 5.93. The number of nitrogens with two attached hydrogens (primary N) is 1. The van der Waals surface area contributed by atoms with Crippen LogP contribution in [0.3, 0.4) is 0 Å². The van der Waals surface area contributed by atoms with E-state index >= 15 is 0 Å². The number of rotatable bonds is 4. The maximum atomic E-state index is 6.37. The maximum Gasteiger partial charge on any atom is 0.0131 e. The first kappa shape index (κ1) is 13.0. The van der Waals surface area contributed by atoms with Crippen LogP contribution in [0.15, 0.2) is 0 Å². The van der Waals surface area contributed by atoms with Gasteiger partial charge in [0.25, 0.3) is 0 Å². The summed E-state index contributed by atoms with van der Waals surface area (Å²) in [6.45, 7) is 9.26. The molecule has 0 amide bonds. The molecule has 1 saturated carbocycles. The Labute approximate surface area is 95.2 Å². The lowest BCUT2D eigenvalue weighted by Gasteiger charge is -2.43. The van der Waals surface area contributed by atoms with E-state index in [1.807, 2.05) is 0 Å². The molecule has 15 heavy (non-hydrogen) atoms. The summed E-state index contributed by atoms with van der Waals surface area (Å²) in [5.74, 6) is 0.699. The molecule has 0 aromatic carbocycles. The van der Waals surface area contributed by atoms with Gasteiger partial charge in [-0.05, 0) is 44.2 Å². The smallest absolute Gasteiger partial charge is 0.0131 e. The van der Waals surface area contributed by atoms with Gasteiger partial charge in [-0.25, -0.2) is 0 Å². The third-order valence-electron chi connectivity index (χ3n) is 3.96. The molecule has 2 heteroatoms. The topological polar surface area (TPSA) is 29.3 Å². The summed E-state index contributed by atoms with van der Waals surface area (Å²) in [5, 5.41) is 0. The third kappa shape index (κ3) is 3.46. The van der Waals surface area contributed by atoms with Crippen molar-refractivity contribution in [1.29, 1.82) is 0 Å². The van der Waals surface area contributed by atoms with E-state index in [2.05, 4.69) is 32.7 Å². The van der Waals surface area contributed by atoms with Crippen molar-refractivity contribution in [3.63, 3.8) is 0 Å². The lowest BCUT2D eigenvalue weighted by molar-refractivity contribution is 0.111. The molecule has 2 unspecified atom stereocenters. The Balaban J connectivity index is 2.47. The van der Waals surface area contributed by atoms with Crippen LogP contribution in [0, 0.1) is 11.3 Å². The van der Waals surface area contributed by atoms with Crippen LogP contribution in [0.4, 0.5) is 0 Å². The summed E-state index contributed by atoms with van der Waals surface area (Å²) in [4.78, 5) is 2.44. The second kappa shape index (κ2) is 5.31. The van der Waals surface area contributed by atoms with Gasteiger partial charge < -0.3 is 10.6 Å². The SMILES string of the molecule is CCCN(C)CC1CCCC(C)(C)C1N. The van der Waals surface area contributed by atoms with Gasteiger partial charge in [-0.15, -0.1) is 0 Å². The molecule has 0 saturated heterocycles. The number of nitrogens with zero attached hydrogens (tertiary/aromatic N) is 1. The highest BCUT2D eigenvalue weighted by Crippen LogP contribution is 2.37. The molecule has 0 heterocycles. The normalized spacial score (nSPS) is 30.8. The summed E-state index contributed by atoms with van der Waals surface area (Å²) >= 11 is 0. The van der Waals surface area contributed by atoms with E-state index in [-0.39, 0.29) is 0 Å². The van der Waals surface area contributed by atoms with Crippen molar-refractivity contribution in [3.8, 4) is 0 Å². The molecule has 1 fully saturated rings. The van der Waals surface area contributed by atoms with Crippen LogP contribution in [0.1, 0.15) is 46.5 Å². The average molecular weight is 212 g/mol. The molecule has 0 radical (unpaired) electrons. The number of hydrogen-bond acceptors (Lipinski definition) is 2. The first-order chi connectivity index (χ1) is 6.97. The molecule has 2 atom stereocenters. The zero-order valence-electron chi connectivity index (χ0n) is 10.9. The largest absolute Gasteiger partial charge is 0.327 e. The molecular formula is C13H28N2. The molecule has 0 spiro atoms. The molecule has 1 aliphatic rings. The first-order valence-corrected chi connectivity index (χ1v) is 6.41. The van der Waals surface area contributed by atoms with Gasteiger partial charge in [-0.3, -0.25) is 0 Å². The highest BCUT2D eigenvalue weighted by molar-refractivity contribution is 4.92. The first-order valence-electron chi connectivity index (χ1n) is 6.41. The van der Waals surface area contributed by atoms with Crippen molar-refractivity contribution in [2.45, 2.75) is 52.5 Å². The minimum Gasteiger partial charge on any atom is -0.327 e. The Hall–Kier alpha value is -0.0800. The average Bonchev–Trinajstić information content (AvgIpc) is 2.13. The van der Waals surface area contributed by atoms with Crippen LogP contribution in [0.5, 0.6) is 0 Å². The van der Waals surface area contributed by atoms with Crippen LogP contribution in [0.2, 0.25) is 0 Å². The lowest BCUT2D eigenvalue weighted by Crippen LogP contribution is -2.49. The van der Waals surface area contributed by atoms with Crippen LogP contribution < -0.4 is 5.73 Å². The van der Waals surface area contributed by atoms with Crippen LogP contribution in [0.25, 0.3) is 0 Å². The quantitative estimate of drug-likeness (QED) is 0.776. The highest BCUT2D eigenvalue weighted by Gasteiger charge is 2.36. The van der Waals surface area contributed by atoms with Crippen molar-refractivity contribution in [3.05, 3.63) is 0 Å². The molecule has 0 bridgehead atoms. The van der Waals surface area contributed by atoms with E-state index in [1.54, 1.807) is 0 Å². The van der Waals surface area contributed by atoms with Gasteiger partial charge in [0.2, 0.25) is 0 Å². The molecule has 2 nitrogen and oxygen atoms in total. The molecule has 0 aromatic rings. The zero-order valence-corrected chi connectivity index (χ0v) is 10.9. The van der Waals surface area contributed by atoms with Crippen LogP contribution >= 0.6 is 0 Å². The third-order valence-corrected chi connectivity index (χ3v) is 3.96. The summed E-state index contributed by atoms with van der Waals surface area (Å²) in [6, 6.07) is 0.380. The van der Waals surface area contributed by atoms with Gasteiger partial charge in [0.1, 0.15) is 0 Å². The Morgan fingerprint density at radius 3 is 2.67 bits per heavy atom. The molecule has 90 valence electrons. The molecule has 1 rings (SSSR count). The standard InChI is InChI=1S/C13H28N2/c1-5-9-15(4)10-11-7-6-8-13(2,3)12(11)14/h11-12H,5-10,14H2,1-4H3. The van der Waals surface area contributed by atoms with E-state index in [1.165, 1.54) is 38.8 Å². The molecule has 2 N–H and O–H groups in total. The van der Waals surface area contributed by atoms with E-state index in [9.17, 15) is 0 Å². The van der Waals surface area contributed by atoms with Crippen molar-refractivity contribution < 1.29 is 0 Å². The van der Waals surface area contributed by atoms with Crippen molar-refractivity contribution in [2.24, 2.45) is 17.1 Å². The van der Waals surface area contributed by atoms with Gasteiger partial charge in [-0.1, -0.05) is 27.2 Å². The van der Waals surface area contributed by atoms with E-state index in [0.29, 0.717) is 17.4 Å². The van der Waals surface area contributed by atoms with Crippen molar-refractivity contribution in [1.82, 2.24) is 4.90 Å². The fourth-order valence-corrected chi connectivity index (χ4v) is 2.88. The van der Waals surface area contributed by atoms with Crippen LogP contribution in [-0.4, -0.2) is 31.1 Å². The Bertz CT molecular complexity index is 189. The van der Waals surface area contributed by atoms with Gasteiger partial charge in [0.05, 0.1) is 0 Å². The zero-order chi connectivity index (χ0) is 11.5. The van der Waals surface area contributed by atoms with Gasteiger partial charge >= 0.3 is 0 Å². The van der Waals surface area contributed by atoms with Gasteiger partial charge in [-0.2, -0.15) is 0 Å². The maximum absolute atomic E-state index is 6.37. The van der Waals surface area contributed by atoms with Gasteiger partial charge in [0.15, 0.2) is 0 Å². The fourth-order valence-electron chi connectivity index (χ4n) is 2.88. The van der Waals surface area contributed by atoms with Crippen molar-refractivity contribution in [2.75, 3.05) is 20.1 Å².